The van der Waals surface area contributed by atoms with Crippen molar-refractivity contribution < 1.29 is 5.11 Å². The maximum atomic E-state index is 9.73. The smallest absolute Gasteiger partial charge is 0.0758 e. The van der Waals surface area contributed by atoms with Crippen LogP contribution in [0.2, 0.25) is 0 Å². The van der Waals surface area contributed by atoms with Crippen LogP contribution in [0.15, 0.2) is 21.7 Å². The number of thiophene rings is 1. The van der Waals surface area contributed by atoms with Crippen molar-refractivity contribution in [2.24, 2.45) is 0 Å². The molecular weight excluding hydrogens is 226 g/mol. The Bertz CT molecular complexity index is 267. The number of aliphatic hydroxyl groups is 1. The molecular formula is C11H19NOS2. The van der Waals surface area contributed by atoms with Crippen LogP contribution in [0.25, 0.3) is 0 Å². The molecule has 86 valence electrons. The van der Waals surface area contributed by atoms with Crippen molar-refractivity contribution >= 4 is 23.1 Å². The highest BCUT2D eigenvalue weighted by Gasteiger charge is 2.12. The van der Waals surface area contributed by atoms with Crippen molar-refractivity contribution in [3.05, 3.63) is 17.5 Å². The average molecular weight is 245 g/mol. The monoisotopic (exact) mass is 245 g/mol. The molecule has 0 radical (unpaired) electrons. The van der Waals surface area contributed by atoms with Crippen LogP contribution < -0.4 is 5.32 Å². The summed E-state index contributed by atoms with van der Waals surface area (Å²) in [4.78, 5) is 0. The summed E-state index contributed by atoms with van der Waals surface area (Å²) in [6, 6.07) is 4.12. The van der Waals surface area contributed by atoms with Gasteiger partial charge in [-0.1, -0.05) is 6.07 Å². The van der Waals surface area contributed by atoms with Crippen LogP contribution in [0.3, 0.4) is 0 Å². The van der Waals surface area contributed by atoms with Gasteiger partial charge in [0.1, 0.15) is 0 Å². The van der Waals surface area contributed by atoms with Crippen molar-refractivity contribution in [1.29, 1.82) is 0 Å². The lowest BCUT2D eigenvalue weighted by Crippen LogP contribution is -2.41. The number of β-amino-alcohol motifs (C(OH)–C–C–N with tert-alkyl or cyclic N) is 1. The third-order valence-corrected chi connectivity index (χ3v) is 4.06. The van der Waals surface area contributed by atoms with Crippen LogP contribution in [0.1, 0.15) is 20.8 Å². The second kappa shape index (κ2) is 5.89. The summed E-state index contributed by atoms with van der Waals surface area (Å²) < 4.78 is 1.27. The molecule has 1 rings (SSSR count). The van der Waals surface area contributed by atoms with Gasteiger partial charge in [-0.3, -0.25) is 0 Å². The Labute approximate surface area is 100 Å². The molecule has 0 saturated heterocycles. The molecule has 15 heavy (non-hydrogen) atoms. The van der Waals surface area contributed by atoms with E-state index in [0.29, 0.717) is 6.54 Å². The molecule has 1 heterocycles. The normalized spacial score (nSPS) is 14.1. The topological polar surface area (TPSA) is 32.3 Å². The van der Waals surface area contributed by atoms with Gasteiger partial charge >= 0.3 is 0 Å². The number of hydrogen-bond donors (Lipinski definition) is 2. The van der Waals surface area contributed by atoms with Crippen molar-refractivity contribution in [2.75, 3.05) is 12.3 Å². The van der Waals surface area contributed by atoms with Crippen LogP contribution in [-0.2, 0) is 0 Å². The minimum atomic E-state index is -0.281. The van der Waals surface area contributed by atoms with Gasteiger partial charge in [0.15, 0.2) is 0 Å². The Morgan fingerprint density at radius 2 is 2.27 bits per heavy atom. The Morgan fingerprint density at radius 1 is 1.53 bits per heavy atom. The summed E-state index contributed by atoms with van der Waals surface area (Å²) in [5.74, 6) is 0.754. The van der Waals surface area contributed by atoms with Crippen LogP contribution in [-0.4, -0.2) is 29.0 Å². The van der Waals surface area contributed by atoms with Gasteiger partial charge in [-0.25, -0.2) is 0 Å². The summed E-state index contributed by atoms with van der Waals surface area (Å²) >= 11 is 3.43. The average Bonchev–Trinajstić information content (AvgIpc) is 2.62. The SMILES string of the molecule is CC(C)(C)NCC(O)CSc1cccs1. The van der Waals surface area contributed by atoms with E-state index in [9.17, 15) is 5.11 Å². The molecule has 0 aliphatic carbocycles. The van der Waals surface area contributed by atoms with E-state index in [4.69, 9.17) is 0 Å². The van der Waals surface area contributed by atoms with Gasteiger partial charge in [-0.05, 0) is 32.2 Å². The lowest BCUT2D eigenvalue weighted by atomic mass is 10.1. The third kappa shape index (κ3) is 6.20. The lowest BCUT2D eigenvalue weighted by Gasteiger charge is -2.22. The number of aliphatic hydroxyl groups excluding tert-OH is 1. The Balaban J connectivity index is 2.16. The number of hydrogen-bond acceptors (Lipinski definition) is 4. The van der Waals surface area contributed by atoms with Crippen LogP contribution in [0, 0.1) is 0 Å². The van der Waals surface area contributed by atoms with Gasteiger partial charge < -0.3 is 10.4 Å². The first-order valence-electron chi connectivity index (χ1n) is 5.07. The maximum absolute atomic E-state index is 9.73. The van der Waals surface area contributed by atoms with E-state index >= 15 is 0 Å². The first kappa shape index (κ1) is 13.0. The molecule has 2 nitrogen and oxygen atoms in total. The van der Waals surface area contributed by atoms with E-state index in [2.05, 4.69) is 37.5 Å². The van der Waals surface area contributed by atoms with Crippen molar-refractivity contribution in [1.82, 2.24) is 5.32 Å². The van der Waals surface area contributed by atoms with E-state index in [1.807, 2.05) is 6.07 Å². The maximum Gasteiger partial charge on any atom is 0.0758 e. The molecule has 1 unspecified atom stereocenters. The molecule has 4 heteroatoms. The zero-order valence-corrected chi connectivity index (χ0v) is 11.1. The van der Waals surface area contributed by atoms with Gasteiger partial charge in [-0.2, -0.15) is 0 Å². The second-order valence-corrected chi connectivity index (χ2v) is 6.80. The zero-order valence-electron chi connectivity index (χ0n) is 9.49. The first-order valence-corrected chi connectivity index (χ1v) is 6.93. The molecule has 1 aromatic heterocycles. The first-order chi connectivity index (χ1) is 6.97. The van der Waals surface area contributed by atoms with Crippen molar-refractivity contribution in [3.8, 4) is 0 Å². The van der Waals surface area contributed by atoms with E-state index in [-0.39, 0.29) is 11.6 Å². The highest BCUT2D eigenvalue weighted by Crippen LogP contribution is 2.23. The van der Waals surface area contributed by atoms with Crippen molar-refractivity contribution in [2.45, 2.75) is 36.6 Å². The minimum Gasteiger partial charge on any atom is -0.391 e. The fourth-order valence-electron chi connectivity index (χ4n) is 1.01. The minimum absolute atomic E-state index is 0.0780. The largest absolute Gasteiger partial charge is 0.391 e. The van der Waals surface area contributed by atoms with Crippen molar-refractivity contribution in [3.63, 3.8) is 0 Å². The van der Waals surface area contributed by atoms with E-state index < -0.39 is 0 Å². The van der Waals surface area contributed by atoms with E-state index in [1.165, 1.54) is 4.21 Å². The highest BCUT2D eigenvalue weighted by atomic mass is 32.2. The van der Waals surface area contributed by atoms with E-state index in [1.54, 1.807) is 23.1 Å². The number of thioether (sulfide) groups is 1. The Morgan fingerprint density at radius 3 is 2.80 bits per heavy atom. The predicted molar refractivity (Wildman–Crippen MR) is 68.8 cm³/mol. The summed E-state index contributed by atoms with van der Waals surface area (Å²) in [7, 11) is 0. The molecule has 0 aromatic carbocycles. The fraction of sp³-hybridized carbons (Fsp3) is 0.636. The molecule has 0 spiro atoms. The zero-order chi connectivity index (χ0) is 11.3. The molecule has 0 fully saturated rings. The van der Waals surface area contributed by atoms with Crippen LogP contribution in [0.5, 0.6) is 0 Å². The van der Waals surface area contributed by atoms with Gasteiger partial charge in [0.05, 0.1) is 10.3 Å². The molecule has 0 bridgehead atoms. The van der Waals surface area contributed by atoms with Gasteiger partial charge in [0.2, 0.25) is 0 Å². The van der Waals surface area contributed by atoms with Gasteiger partial charge in [-0.15, -0.1) is 23.1 Å². The van der Waals surface area contributed by atoms with Crippen LogP contribution >= 0.6 is 23.1 Å². The Hall–Kier alpha value is -0.0300. The summed E-state index contributed by atoms with van der Waals surface area (Å²) in [5.41, 5.74) is 0.0780. The number of rotatable bonds is 5. The number of nitrogens with one attached hydrogen (secondary N) is 1. The second-order valence-electron chi connectivity index (χ2n) is 4.53. The third-order valence-electron chi connectivity index (χ3n) is 1.78. The summed E-state index contributed by atoms with van der Waals surface area (Å²) in [5, 5.41) is 15.1. The Kier molecular flexibility index (Phi) is 5.12. The highest BCUT2D eigenvalue weighted by molar-refractivity contribution is 8.01. The molecule has 2 N–H and O–H groups in total. The van der Waals surface area contributed by atoms with Crippen LogP contribution in [0.4, 0.5) is 0 Å². The summed E-state index contributed by atoms with van der Waals surface area (Å²) in [6.45, 7) is 6.96. The van der Waals surface area contributed by atoms with Gasteiger partial charge in [0.25, 0.3) is 0 Å². The quantitative estimate of drug-likeness (QED) is 0.782. The molecule has 0 amide bonds. The molecule has 0 saturated carbocycles. The summed E-state index contributed by atoms with van der Waals surface area (Å²) in [6.07, 6.45) is -0.281. The standard InChI is InChI=1S/C11H19NOS2/c1-11(2,3)12-7-9(13)8-15-10-5-4-6-14-10/h4-6,9,12-13H,7-8H2,1-3H3. The van der Waals surface area contributed by atoms with E-state index in [0.717, 1.165) is 5.75 Å². The predicted octanol–water partition coefficient (Wildman–Crippen LogP) is 2.59. The molecule has 1 atom stereocenters. The fourth-order valence-corrected chi connectivity index (χ4v) is 2.75. The van der Waals surface area contributed by atoms with Gasteiger partial charge in [0, 0.05) is 17.8 Å². The molecule has 0 aliphatic rings. The molecule has 1 aromatic rings. The lowest BCUT2D eigenvalue weighted by molar-refractivity contribution is 0.183. The molecule has 0 aliphatic heterocycles.